The van der Waals surface area contributed by atoms with Crippen molar-refractivity contribution in [3.05, 3.63) is 99.7 Å². The lowest BCUT2D eigenvalue weighted by Crippen LogP contribution is -2.24. The van der Waals surface area contributed by atoms with Gasteiger partial charge in [-0.1, -0.05) is 37.3 Å². The lowest BCUT2D eigenvalue weighted by molar-refractivity contribution is -0.137. The number of halogens is 3. The first-order valence-corrected chi connectivity index (χ1v) is 13.7. The Hall–Kier alpha value is -3.89. The summed E-state index contributed by atoms with van der Waals surface area (Å²) in [5, 5.41) is 23.4. The quantitative estimate of drug-likeness (QED) is 0.218. The molecule has 0 amide bonds. The third-order valence-electron chi connectivity index (χ3n) is 6.74. The second-order valence-corrected chi connectivity index (χ2v) is 9.80. The Morgan fingerprint density at radius 3 is 2.22 bits per heavy atom. The van der Waals surface area contributed by atoms with E-state index in [1.165, 1.54) is 16.8 Å². The van der Waals surface area contributed by atoms with Crippen molar-refractivity contribution in [3.8, 4) is 22.6 Å². The van der Waals surface area contributed by atoms with Gasteiger partial charge in [0.05, 0.1) is 17.9 Å². The molecule has 4 aromatic rings. The van der Waals surface area contributed by atoms with Crippen molar-refractivity contribution in [2.45, 2.75) is 65.0 Å². The van der Waals surface area contributed by atoms with Gasteiger partial charge >= 0.3 is 11.9 Å². The molecule has 0 saturated carbocycles. The lowest BCUT2D eigenvalue weighted by atomic mass is 9.98. The predicted octanol–water partition coefficient (Wildman–Crippen LogP) is 5.56. The van der Waals surface area contributed by atoms with Crippen LogP contribution in [0.2, 0.25) is 0 Å². The minimum absolute atomic E-state index is 0.0684. The molecule has 0 spiro atoms. The van der Waals surface area contributed by atoms with Crippen molar-refractivity contribution < 1.29 is 28.1 Å². The number of ether oxygens (including phenoxy) is 1. The fourth-order valence-corrected chi connectivity index (χ4v) is 4.76. The number of alkyl halides is 3. The molecule has 3 aromatic carbocycles. The van der Waals surface area contributed by atoms with Crippen LogP contribution in [0.25, 0.3) is 16.8 Å². The highest BCUT2D eigenvalue weighted by Crippen LogP contribution is 2.30. The molecular formula is C31H34F3N3O4. The Morgan fingerprint density at radius 1 is 0.927 bits per heavy atom. The number of aliphatic hydroxyl groups is 2. The van der Waals surface area contributed by atoms with E-state index < -0.39 is 18.0 Å². The zero-order valence-corrected chi connectivity index (χ0v) is 23.1. The Labute approximate surface area is 236 Å². The normalized spacial score (nSPS) is 11.8. The third kappa shape index (κ3) is 7.45. The van der Waals surface area contributed by atoms with Crippen LogP contribution in [0.15, 0.2) is 71.5 Å². The van der Waals surface area contributed by atoms with Crippen molar-refractivity contribution in [1.29, 1.82) is 0 Å². The van der Waals surface area contributed by atoms with Gasteiger partial charge in [-0.3, -0.25) is 4.57 Å². The average Bonchev–Trinajstić information content (AvgIpc) is 3.24. The van der Waals surface area contributed by atoms with Gasteiger partial charge in [0.15, 0.2) is 6.29 Å². The van der Waals surface area contributed by atoms with Crippen LogP contribution in [-0.2, 0) is 32.0 Å². The molecule has 0 bridgehead atoms. The molecule has 0 radical (unpaired) electrons. The van der Waals surface area contributed by atoms with E-state index in [9.17, 15) is 28.2 Å². The highest BCUT2D eigenvalue weighted by Gasteiger charge is 2.30. The second-order valence-electron chi connectivity index (χ2n) is 9.80. The molecule has 0 aliphatic rings. The van der Waals surface area contributed by atoms with Crippen LogP contribution in [0.3, 0.4) is 0 Å². The van der Waals surface area contributed by atoms with Crippen LogP contribution < -0.4 is 10.4 Å². The summed E-state index contributed by atoms with van der Waals surface area (Å²) in [6.07, 6.45) is -3.11. The molecule has 41 heavy (non-hydrogen) atoms. The van der Waals surface area contributed by atoms with Gasteiger partial charge in [-0.25, -0.2) is 4.79 Å². The Balaban J connectivity index is 1.45. The molecule has 0 fully saturated rings. The molecule has 218 valence electrons. The third-order valence-corrected chi connectivity index (χ3v) is 6.74. The molecule has 0 saturated heterocycles. The first-order chi connectivity index (χ1) is 19.6. The van der Waals surface area contributed by atoms with Crippen LogP contribution in [0.4, 0.5) is 13.2 Å². The largest absolute Gasteiger partial charge is 0.494 e. The van der Waals surface area contributed by atoms with Crippen molar-refractivity contribution in [1.82, 2.24) is 14.3 Å². The molecule has 0 aliphatic carbocycles. The van der Waals surface area contributed by atoms with E-state index in [4.69, 9.17) is 4.74 Å². The maximum Gasteiger partial charge on any atom is 0.416 e. The van der Waals surface area contributed by atoms with Gasteiger partial charge in [0.2, 0.25) is 0 Å². The summed E-state index contributed by atoms with van der Waals surface area (Å²) in [5.74, 6) is 1.23. The standard InChI is InChI=1S/C31H34F3N3O4/c1-3-18-36-28(35-37(30(36)40)26-15-13-25(14-16-26)31(32,33)34)7-5-6-21-8-10-22(11-9-21)23-12-17-27(41-4-2)24(19-23)20-29(38)39/h8-17,19,29,38-39H,3-7,18,20H2,1-2H3. The van der Waals surface area contributed by atoms with E-state index in [1.807, 2.05) is 56.3 Å². The summed E-state index contributed by atoms with van der Waals surface area (Å²) in [5.41, 5.74) is 2.90. The summed E-state index contributed by atoms with van der Waals surface area (Å²) in [6, 6.07) is 18.2. The van der Waals surface area contributed by atoms with Crippen molar-refractivity contribution in [2.24, 2.45) is 0 Å². The number of rotatable bonds is 12. The monoisotopic (exact) mass is 569 g/mol. The predicted molar refractivity (Wildman–Crippen MR) is 150 cm³/mol. The Morgan fingerprint density at radius 2 is 1.61 bits per heavy atom. The fourth-order valence-electron chi connectivity index (χ4n) is 4.76. The van der Waals surface area contributed by atoms with Crippen LogP contribution >= 0.6 is 0 Å². The van der Waals surface area contributed by atoms with E-state index in [-0.39, 0.29) is 12.1 Å². The molecule has 10 heteroatoms. The minimum atomic E-state index is -4.45. The lowest BCUT2D eigenvalue weighted by Gasteiger charge is -2.13. The second kappa shape index (κ2) is 13.2. The summed E-state index contributed by atoms with van der Waals surface area (Å²) in [6.45, 7) is 4.78. The molecular weight excluding hydrogens is 535 g/mol. The van der Waals surface area contributed by atoms with Gasteiger partial charge in [0.1, 0.15) is 11.6 Å². The molecule has 0 unspecified atom stereocenters. The number of aromatic nitrogens is 3. The Bertz CT molecular complexity index is 1490. The van der Waals surface area contributed by atoms with Crippen LogP contribution in [0.1, 0.15) is 49.2 Å². The number of hydrogen-bond acceptors (Lipinski definition) is 5. The van der Waals surface area contributed by atoms with Gasteiger partial charge < -0.3 is 14.9 Å². The van der Waals surface area contributed by atoms with Crippen molar-refractivity contribution >= 4 is 0 Å². The van der Waals surface area contributed by atoms with Crippen LogP contribution in [-0.4, -0.2) is 37.5 Å². The van der Waals surface area contributed by atoms with Crippen molar-refractivity contribution in [3.63, 3.8) is 0 Å². The van der Waals surface area contributed by atoms with Gasteiger partial charge in [0, 0.05) is 19.4 Å². The number of nitrogens with zero attached hydrogens (tertiary/aromatic N) is 3. The molecule has 0 atom stereocenters. The van der Waals surface area contributed by atoms with Crippen molar-refractivity contribution in [2.75, 3.05) is 6.61 Å². The maximum atomic E-state index is 13.0. The molecule has 0 aliphatic heterocycles. The smallest absolute Gasteiger partial charge is 0.416 e. The zero-order valence-electron chi connectivity index (χ0n) is 23.1. The number of hydrogen-bond donors (Lipinski definition) is 2. The summed E-state index contributed by atoms with van der Waals surface area (Å²) >= 11 is 0. The molecule has 1 heterocycles. The fraction of sp³-hybridized carbons (Fsp3) is 0.355. The van der Waals surface area contributed by atoms with E-state index in [1.54, 1.807) is 4.57 Å². The number of aliphatic hydroxyl groups excluding tert-OH is 1. The topological polar surface area (TPSA) is 89.5 Å². The first-order valence-electron chi connectivity index (χ1n) is 13.7. The molecule has 4 rings (SSSR count). The van der Waals surface area contributed by atoms with E-state index in [2.05, 4.69) is 5.10 Å². The zero-order chi connectivity index (χ0) is 29.6. The van der Waals surface area contributed by atoms with Gasteiger partial charge in [-0.2, -0.15) is 17.9 Å². The van der Waals surface area contributed by atoms with Gasteiger partial charge in [-0.05, 0) is 84.8 Å². The summed E-state index contributed by atoms with van der Waals surface area (Å²) < 4.78 is 47.2. The first kappa shape index (κ1) is 30.1. The SMILES string of the molecule is CCCn1c(CCCc2ccc(-c3ccc(OCC)c(CC(O)O)c3)cc2)nn(-c2ccc(C(F)(F)F)cc2)c1=O. The van der Waals surface area contributed by atoms with Crippen LogP contribution in [0, 0.1) is 0 Å². The number of aryl methyl sites for hydroxylation is 2. The van der Waals surface area contributed by atoms with E-state index >= 15 is 0 Å². The molecule has 7 nitrogen and oxygen atoms in total. The van der Waals surface area contributed by atoms with E-state index in [0.717, 1.165) is 53.6 Å². The highest BCUT2D eigenvalue weighted by atomic mass is 19.4. The highest BCUT2D eigenvalue weighted by molar-refractivity contribution is 5.66. The Kier molecular flexibility index (Phi) is 9.67. The summed E-state index contributed by atoms with van der Waals surface area (Å²) in [7, 11) is 0. The molecule has 2 N–H and O–H groups in total. The van der Waals surface area contributed by atoms with Gasteiger partial charge in [0.25, 0.3) is 0 Å². The summed E-state index contributed by atoms with van der Waals surface area (Å²) in [4.78, 5) is 13.0. The van der Waals surface area contributed by atoms with Gasteiger partial charge in [-0.15, -0.1) is 5.10 Å². The average molecular weight is 570 g/mol. The maximum absolute atomic E-state index is 13.0. The number of benzene rings is 3. The van der Waals surface area contributed by atoms with E-state index in [0.29, 0.717) is 36.8 Å². The van der Waals surface area contributed by atoms with Crippen LogP contribution in [0.5, 0.6) is 5.75 Å². The minimum Gasteiger partial charge on any atom is -0.494 e. The molecule has 1 aromatic heterocycles.